The molecule has 3 heteroatoms. The summed E-state index contributed by atoms with van der Waals surface area (Å²) in [6.45, 7) is 2.27. The summed E-state index contributed by atoms with van der Waals surface area (Å²) in [5.74, 6) is 0.822. The molecular formula is C16H21N3. The van der Waals surface area contributed by atoms with Crippen LogP contribution >= 0.6 is 0 Å². The SMILES string of the molecule is CCCC1CCc2[nH]nc(-c3ccc(N)cc3)c2C1. The number of aromatic amines is 1. The second-order valence-corrected chi connectivity index (χ2v) is 5.55. The van der Waals surface area contributed by atoms with Crippen LogP contribution < -0.4 is 5.73 Å². The maximum absolute atomic E-state index is 5.75. The molecule has 1 atom stereocenters. The van der Waals surface area contributed by atoms with E-state index in [1.165, 1.54) is 42.5 Å². The fourth-order valence-electron chi connectivity index (χ4n) is 3.10. The third-order valence-electron chi connectivity index (χ3n) is 4.13. The molecule has 0 saturated carbocycles. The van der Waals surface area contributed by atoms with Crippen LogP contribution in [0.4, 0.5) is 5.69 Å². The number of nitrogens with one attached hydrogen (secondary N) is 1. The van der Waals surface area contributed by atoms with Gasteiger partial charge in [-0.05, 0) is 37.3 Å². The van der Waals surface area contributed by atoms with E-state index in [1.807, 2.05) is 12.1 Å². The molecule has 0 fully saturated rings. The molecule has 19 heavy (non-hydrogen) atoms. The maximum Gasteiger partial charge on any atom is 0.0955 e. The molecule has 1 aromatic heterocycles. The van der Waals surface area contributed by atoms with Gasteiger partial charge in [-0.3, -0.25) is 5.10 Å². The minimum Gasteiger partial charge on any atom is -0.399 e. The number of aromatic nitrogens is 2. The second kappa shape index (κ2) is 5.08. The van der Waals surface area contributed by atoms with Crippen LogP contribution in [0.15, 0.2) is 24.3 Å². The summed E-state index contributed by atoms with van der Waals surface area (Å²) >= 11 is 0. The first kappa shape index (κ1) is 12.3. The van der Waals surface area contributed by atoms with E-state index in [9.17, 15) is 0 Å². The zero-order valence-corrected chi connectivity index (χ0v) is 11.4. The predicted molar refractivity (Wildman–Crippen MR) is 78.9 cm³/mol. The number of rotatable bonds is 3. The smallest absolute Gasteiger partial charge is 0.0955 e. The third kappa shape index (κ3) is 2.37. The highest BCUT2D eigenvalue weighted by Crippen LogP contribution is 2.33. The van der Waals surface area contributed by atoms with Crippen molar-refractivity contribution in [2.45, 2.75) is 39.0 Å². The summed E-state index contributed by atoms with van der Waals surface area (Å²) in [5, 5.41) is 7.75. The highest BCUT2D eigenvalue weighted by molar-refractivity contribution is 5.66. The lowest BCUT2D eigenvalue weighted by molar-refractivity contribution is 0.421. The summed E-state index contributed by atoms with van der Waals surface area (Å²) in [4.78, 5) is 0. The number of anilines is 1. The van der Waals surface area contributed by atoms with Crippen molar-refractivity contribution in [1.82, 2.24) is 10.2 Å². The zero-order chi connectivity index (χ0) is 13.2. The van der Waals surface area contributed by atoms with Gasteiger partial charge < -0.3 is 5.73 Å². The summed E-state index contributed by atoms with van der Waals surface area (Å²) in [5.41, 5.74) is 11.6. The van der Waals surface area contributed by atoms with Gasteiger partial charge in [0.25, 0.3) is 0 Å². The van der Waals surface area contributed by atoms with Gasteiger partial charge in [-0.15, -0.1) is 0 Å². The van der Waals surface area contributed by atoms with E-state index in [-0.39, 0.29) is 0 Å². The Hall–Kier alpha value is -1.77. The van der Waals surface area contributed by atoms with Crippen molar-refractivity contribution in [1.29, 1.82) is 0 Å². The molecule has 0 saturated heterocycles. The average molecular weight is 255 g/mol. The van der Waals surface area contributed by atoms with Gasteiger partial charge in [-0.1, -0.05) is 31.9 Å². The number of hydrogen-bond acceptors (Lipinski definition) is 2. The van der Waals surface area contributed by atoms with Gasteiger partial charge in [-0.25, -0.2) is 0 Å². The van der Waals surface area contributed by atoms with Crippen LogP contribution in [-0.2, 0) is 12.8 Å². The molecule has 2 aromatic rings. The molecule has 1 aromatic carbocycles. The van der Waals surface area contributed by atoms with E-state index in [1.54, 1.807) is 0 Å². The fourth-order valence-corrected chi connectivity index (χ4v) is 3.10. The average Bonchev–Trinajstić information content (AvgIpc) is 2.83. The molecular weight excluding hydrogens is 234 g/mol. The van der Waals surface area contributed by atoms with E-state index in [2.05, 4.69) is 29.3 Å². The fraction of sp³-hybridized carbons (Fsp3) is 0.438. The van der Waals surface area contributed by atoms with Crippen LogP contribution in [0, 0.1) is 5.92 Å². The Morgan fingerprint density at radius 2 is 2.11 bits per heavy atom. The highest BCUT2D eigenvalue weighted by atomic mass is 15.1. The topological polar surface area (TPSA) is 54.7 Å². The quantitative estimate of drug-likeness (QED) is 0.824. The Morgan fingerprint density at radius 1 is 1.32 bits per heavy atom. The lowest BCUT2D eigenvalue weighted by atomic mass is 9.83. The molecule has 3 N–H and O–H groups in total. The Morgan fingerprint density at radius 3 is 2.84 bits per heavy atom. The van der Waals surface area contributed by atoms with Gasteiger partial charge in [0.05, 0.1) is 5.69 Å². The Bertz CT molecular complexity index is 554. The summed E-state index contributed by atoms with van der Waals surface area (Å²) in [6, 6.07) is 8.02. The first-order chi connectivity index (χ1) is 9.28. The van der Waals surface area contributed by atoms with Crippen LogP contribution in [0.25, 0.3) is 11.3 Å². The largest absolute Gasteiger partial charge is 0.399 e. The molecule has 1 aliphatic rings. The van der Waals surface area contributed by atoms with Crippen molar-refractivity contribution >= 4 is 5.69 Å². The standard InChI is InChI=1S/C16H21N3/c1-2-3-11-4-9-15-14(10-11)16(19-18-15)12-5-7-13(17)8-6-12/h5-8,11H,2-4,9-10,17H2,1H3,(H,18,19). The molecule has 0 aliphatic heterocycles. The van der Waals surface area contributed by atoms with Gasteiger partial charge in [0.1, 0.15) is 0 Å². The summed E-state index contributed by atoms with van der Waals surface area (Å²) < 4.78 is 0. The van der Waals surface area contributed by atoms with Crippen molar-refractivity contribution in [2.75, 3.05) is 5.73 Å². The number of nitrogens with zero attached hydrogens (tertiary/aromatic N) is 1. The zero-order valence-electron chi connectivity index (χ0n) is 11.4. The number of benzene rings is 1. The van der Waals surface area contributed by atoms with Crippen LogP contribution in [-0.4, -0.2) is 10.2 Å². The highest BCUT2D eigenvalue weighted by Gasteiger charge is 2.23. The van der Waals surface area contributed by atoms with Gasteiger partial charge in [0, 0.05) is 22.5 Å². The first-order valence-electron chi connectivity index (χ1n) is 7.20. The van der Waals surface area contributed by atoms with Crippen molar-refractivity contribution in [3.8, 4) is 11.3 Å². The predicted octanol–water partition coefficient (Wildman–Crippen LogP) is 3.56. The molecule has 1 aliphatic carbocycles. The Labute approximate surface area is 114 Å². The van der Waals surface area contributed by atoms with E-state index in [0.717, 1.165) is 23.7 Å². The minimum atomic E-state index is 0.803. The summed E-state index contributed by atoms with van der Waals surface area (Å²) in [7, 11) is 0. The van der Waals surface area contributed by atoms with E-state index in [4.69, 9.17) is 5.73 Å². The molecule has 0 bridgehead atoms. The number of fused-ring (bicyclic) bond motifs is 1. The third-order valence-corrected chi connectivity index (χ3v) is 4.13. The lowest BCUT2D eigenvalue weighted by Crippen LogP contribution is -2.13. The molecule has 0 spiro atoms. The number of H-pyrrole nitrogens is 1. The number of nitrogens with two attached hydrogens (primary N) is 1. The van der Waals surface area contributed by atoms with E-state index >= 15 is 0 Å². The van der Waals surface area contributed by atoms with Crippen molar-refractivity contribution in [2.24, 2.45) is 5.92 Å². The number of hydrogen-bond donors (Lipinski definition) is 2. The normalized spacial score (nSPS) is 18.3. The molecule has 100 valence electrons. The van der Waals surface area contributed by atoms with Crippen LogP contribution in [0.1, 0.15) is 37.4 Å². The van der Waals surface area contributed by atoms with Gasteiger partial charge in [0.15, 0.2) is 0 Å². The van der Waals surface area contributed by atoms with Crippen LogP contribution in [0.3, 0.4) is 0 Å². The van der Waals surface area contributed by atoms with Gasteiger partial charge >= 0.3 is 0 Å². The van der Waals surface area contributed by atoms with Crippen LogP contribution in [0.2, 0.25) is 0 Å². The van der Waals surface area contributed by atoms with E-state index < -0.39 is 0 Å². The van der Waals surface area contributed by atoms with Crippen molar-refractivity contribution < 1.29 is 0 Å². The van der Waals surface area contributed by atoms with E-state index in [0.29, 0.717) is 0 Å². The van der Waals surface area contributed by atoms with Crippen molar-refractivity contribution in [3.05, 3.63) is 35.5 Å². The molecule has 1 unspecified atom stereocenters. The Kier molecular flexibility index (Phi) is 3.28. The Balaban J connectivity index is 1.92. The van der Waals surface area contributed by atoms with Crippen molar-refractivity contribution in [3.63, 3.8) is 0 Å². The molecule has 0 radical (unpaired) electrons. The molecule has 3 rings (SSSR count). The second-order valence-electron chi connectivity index (χ2n) is 5.55. The lowest BCUT2D eigenvalue weighted by Gasteiger charge is -2.21. The number of aryl methyl sites for hydroxylation is 1. The molecule has 1 heterocycles. The van der Waals surface area contributed by atoms with Gasteiger partial charge in [0.2, 0.25) is 0 Å². The minimum absolute atomic E-state index is 0.803. The maximum atomic E-state index is 5.75. The van der Waals surface area contributed by atoms with Crippen LogP contribution in [0.5, 0.6) is 0 Å². The molecule has 3 nitrogen and oxygen atoms in total. The number of nitrogen functional groups attached to an aromatic ring is 1. The first-order valence-corrected chi connectivity index (χ1v) is 7.20. The monoisotopic (exact) mass is 255 g/mol. The molecule has 0 amide bonds. The summed E-state index contributed by atoms with van der Waals surface area (Å²) in [6.07, 6.45) is 6.20. The van der Waals surface area contributed by atoms with Gasteiger partial charge in [-0.2, -0.15) is 5.10 Å².